The van der Waals surface area contributed by atoms with E-state index in [4.69, 9.17) is 4.74 Å². The zero-order chi connectivity index (χ0) is 26.2. The quantitative estimate of drug-likeness (QED) is 0.377. The average molecular weight is 508 g/mol. The first-order chi connectivity index (χ1) is 17.7. The Balaban J connectivity index is 1.39. The molecule has 37 heavy (non-hydrogen) atoms. The number of alkyl halides is 2. The Labute approximate surface area is 212 Å². The summed E-state index contributed by atoms with van der Waals surface area (Å²) in [5.74, 6) is -0.0756. The van der Waals surface area contributed by atoms with E-state index in [2.05, 4.69) is 19.9 Å². The van der Waals surface area contributed by atoms with Gasteiger partial charge in [0.2, 0.25) is 0 Å². The van der Waals surface area contributed by atoms with Gasteiger partial charge in [0.05, 0.1) is 29.2 Å². The maximum atomic E-state index is 12.9. The van der Waals surface area contributed by atoms with E-state index < -0.39 is 18.0 Å². The first-order valence-electron chi connectivity index (χ1n) is 12.0. The Kier molecular flexibility index (Phi) is 6.49. The first-order valence-corrected chi connectivity index (χ1v) is 12.0. The Morgan fingerprint density at radius 3 is 2.51 bits per heavy atom. The molecule has 0 spiro atoms. The molecule has 0 radical (unpaired) electrons. The molecule has 192 valence electrons. The van der Waals surface area contributed by atoms with E-state index in [1.54, 1.807) is 37.5 Å². The number of rotatable bonds is 7. The highest BCUT2D eigenvalue weighted by Gasteiger charge is 2.37. The number of fused-ring (bicyclic) bond motifs is 1. The lowest BCUT2D eigenvalue weighted by molar-refractivity contribution is -0.149. The van der Waals surface area contributed by atoms with Gasteiger partial charge in [-0.2, -0.15) is 8.78 Å². The molecule has 0 aliphatic carbocycles. The van der Waals surface area contributed by atoms with Crippen LogP contribution >= 0.6 is 0 Å². The van der Waals surface area contributed by atoms with Crippen molar-refractivity contribution in [2.75, 3.05) is 18.0 Å². The number of halogens is 2. The number of nitrogens with zero attached hydrogens (tertiary/aromatic N) is 5. The summed E-state index contributed by atoms with van der Waals surface area (Å²) in [6.07, 6.45) is 6.91. The maximum absolute atomic E-state index is 12.9. The highest BCUT2D eigenvalue weighted by atomic mass is 19.3. The van der Waals surface area contributed by atoms with Crippen LogP contribution < -0.4 is 9.64 Å². The van der Waals surface area contributed by atoms with Crippen molar-refractivity contribution < 1.29 is 23.4 Å². The molecular weight excluding hydrogens is 480 g/mol. The van der Waals surface area contributed by atoms with Crippen LogP contribution in [0.5, 0.6) is 5.75 Å². The highest BCUT2D eigenvalue weighted by Crippen LogP contribution is 2.33. The van der Waals surface area contributed by atoms with Crippen molar-refractivity contribution >= 4 is 17.3 Å². The Bertz CT molecular complexity index is 1430. The topological polar surface area (TPSA) is 92.9 Å². The van der Waals surface area contributed by atoms with E-state index in [0.717, 1.165) is 28.3 Å². The molecule has 1 saturated heterocycles. The summed E-state index contributed by atoms with van der Waals surface area (Å²) in [7, 11) is 0. The SMILES string of the molecule is Cc1nc2ccc(-c3ncc(N4CCC(C)(C(=O)O)CC4)cn3)cn2c1Cc1ccccc1OC(F)F. The first kappa shape index (κ1) is 24.6. The van der Waals surface area contributed by atoms with Crippen LogP contribution in [-0.2, 0) is 11.2 Å². The fourth-order valence-corrected chi connectivity index (χ4v) is 4.70. The van der Waals surface area contributed by atoms with E-state index in [0.29, 0.717) is 43.7 Å². The van der Waals surface area contributed by atoms with Gasteiger partial charge in [0.15, 0.2) is 5.82 Å². The third kappa shape index (κ3) is 4.96. The average Bonchev–Trinajstić information content (AvgIpc) is 3.19. The van der Waals surface area contributed by atoms with Crippen LogP contribution in [0.25, 0.3) is 17.0 Å². The number of para-hydroxylation sites is 1. The molecular formula is C27H27F2N5O3. The summed E-state index contributed by atoms with van der Waals surface area (Å²) >= 11 is 0. The monoisotopic (exact) mass is 507 g/mol. The summed E-state index contributed by atoms with van der Waals surface area (Å²) in [5.41, 5.74) is 3.96. The number of anilines is 1. The second kappa shape index (κ2) is 9.76. The van der Waals surface area contributed by atoms with Crippen LogP contribution in [0.4, 0.5) is 14.5 Å². The number of ether oxygens (including phenoxy) is 1. The van der Waals surface area contributed by atoms with E-state index in [-0.39, 0.29) is 5.75 Å². The molecule has 1 aromatic carbocycles. The Morgan fingerprint density at radius 2 is 1.84 bits per heavy atom. The predicted molar refractivity (Wildman–Crippen MR) is 134 cm³/mol. The molecule has 4 heterocycles. The minimum atomic E-state index is -2.90. The van der Waals surface area contributed by atoms with Crippen LogP contribution in [-0.4, -0.2) is 50.1 Å². The minimum Gasteiger partial charge on any atom is -0.481 e. The number of imidazole rings is 1. The number of pyridine rings is 1. The summed E-state index contributed by atoms with van der Waals surface area (Å²) in [6.45, 7) is 2.04. The van der Waals surface area contributed by atoms with E-state index >= 15 is 0 Å². The normalized spacial score (nSPS) is 15.3. The van der Waals surface area contributed by atoms with Gasteiger partial charge in [-0.25, -0.2) is 15.0 Å². The molecule has 5 rings (SSSR count). The maximum Gasteiger partial charge on any atom is 0.387 e. The van der Waals surface area contributed by atoms with Crippen LogP contribution in [0, 0.1) is 12.3 Å². The van der Waals surface area contributed by atoms with Crippen LogP contribution in [0.1, 0.15) is 36.7 Å². The lowest BCUT2D eigenvalue weighted by Crippen LogP contribution is -2.42. The molecule has 0 saturated carbocycles. The van der Waals surface area contributed by atoms with Gasteiger partial charge in [-0.1, -0.05) is 18.2 Å². The predicted octanol–water partition coefficient (Wildman–Crippen LogP) is 4.98. The molecule has 1 fully saturated rings. The third-order valence-corrected chi connectivity index (χ3v) is 7.11. The van der Waals surface area contributed by atoms with Gasteiger partial charge in [-0.05, 0) is 44.9 Å². The Hall–Kier alpha value is -4.08. The molecule has 1 aliphatic heterocycles. The zero-order valence-electron chi connectivity index (χ0n) is 20.6. The van der Waals surface area contributed by atoms with Crippen molar-refractivity contribution in [2.45, 2.75) is 39.7 Å². The minimum absolute atomic E-state index is 0.142. The standard InChI is InChI=1S/C27H27F2N5O3/c1-17-21(13-18-5-3-4-6-22(18)37-26(28)29)34-16-19(7-8-23(34)32-17)24-30-14-20(15-31-24)33-11-9-27(2,10-12-33)25(35)36/h3-8,14-16,26H,9-13H2,1-2H3,(H,35,36). The number of carboxylic acid groups (broad SMARTS) is 1. The lowest BCUT2D eigenvalue weighted by Gasteiger charge is -2.37. The van der Waals surface area contributed by atoms with Crippen molar-refractivity contribution in [3.63, 3.8) is 0 Å². The van der Waals surface area contributed by atoms with Gasteiger partial charge in [0.25, 0.3) is 0 Å². The van der Waals surface area contributed by atoms with E-state index in [1.165, 1.54) is 6.07 Å². The van der Waals surface area contributed by atoms with Crippen molar-refractivity contribution in [1.82, 2.24) is 19.4 Å². The fraction of sp³-hybridized carbons (Fsp3) is 0.333. The summed E-state index contributed by atoms with van der Waals surface area (Å²) < 4.78 is 32.4. The molecule has 8 nitrogen and oxygen atoms in total. The number of benzene rings is 1. The number of carbonyl (C=O) groups is 1. The number of aryl methyl sites for hydroxylation is 1. The van der Waals surface area contributed by atoms with Gasteiger partial charge in [0.1, 0.15) is 11.4 Å². The summed E-state index contributed by atoms with van der Waals surface area (Å²) in [5, 5.41) is 9.46. The van der Waals surface area contributed by atoms with Crippen molar-refractivity contribution in [1.29, 1.82) is 0 Å². The van der Waals surface area contributed by atoms with Crippen LogP contribution in [0.2, 0.25) is 0 Å². The lowest BCUT2D eigenvalue weighted by atomic mass is 9.80. The molecule has 1 N–H and O–H groups in total. The van der Waals surface area contributed by atoms with Gasteiger partial charge < -0.3 is 19.1 Å². The number of aliphatic carboxylic acids is 1. The van der Waals surface area contributed by atoms with Crippen LogP contribution in [0.15, 0.2) is 55.0 Å². The molecule has 0 atom stereocenters. The fourth-order valence-electron chi connectivity index (χ4n) is 4.70. The van der Waals surface area contributed by atoms with Gasteiger partial charge in [0, 0.05) is 42.5 Å². The molecule has 0 bridgehead atoms. The van der Waals surface area contributed by atoms with E-state index in [1.807, 2.05) is 29.7 Å². The molecule has 0 unspecified atom stereocenters. The second-order valence-electron chi connectivity index (χ2n) is 9.57. The number of piperidine rings is 1. The number of carboxylic acids is 1. The number of aromatic nitrogens is 4. The zero-order valence-corrected chi connectivity index (χ0v) is 20.6. The number of hydrogen-bond donors (Lipinski definition) is 1. The van der Waals surface area contributed by atoms with Crippen molar-refractivity contribution in [2.24, 2.45) is 5.41 Å². The third-order valence-electron chi connectivity index (χ3n) is 7.11. The number of hydrogen-bond acceptors (Lipinski definition) is 6. The summed E-state index contributed by atoms with van der Waals surface area (Å²) in [4.78, 5) is 27.4. The van der Waals surface area contributed by atoms with Gasteiger partial charge in [-0.15, -0.1) is 0 Å². The second-order valence-corrected chi connectivity index (χ2v) is 9.57. The van der Waals surface area contributed by atoms with Crippen molar-refractivity contribution in [3.8, 4) is 17.1 Å². The molecule has 0 amide bonds. The van der Waals surface area contributed by atoms with E-state index in [9.17, 15) is 18.7 Å². The largest absolute Gasteiger partial charge is 0.481 e. The molecule has 10 heteroatoms. The molecule has 1 aliphatic rings. The van der Waals surface area contributed by atoms with Gasteiger partial charge >= 0.3 is 12.6 Å². The molecule has 3 aromatic heterocycles. The van der Waals surface area contributed by atoms with Crippen LogP contribution in [0.3, 0.4) is 0 Å². The Morgan fingerprint density at radius 1 is 1.14 bits per heavy atom. The smallest absolute Gasteiger partial charge is 0.387 e. The molecule has 4 aromatic rings. The van der Waals surface area contributed by atoms with Crippen molar-refractivity contribution in [3.05, 3.63) is 71.9 Å². The summed E-state index contributed by atoms with van der Waals surface area (Å²) in [6, 6.07) is 10.5. The highest BCUT2D eigenvalue weighted by molar-refractivity contribution is 5.74. The van der Waals surface area contributed by atoms with Gasteiger partial charge in [-0.3, -0.25) is 4.79 Å².